The second-order valence-electron chi connectivity index (χ2n) is 4.08. The van der Waals surface area contributed by atoms with Crippen LogP contribution >= 0.6 is 11.3 Å². The van der Waals surface area contributed by atoms with E-state index in [1.807, 2.05) is 30.5 Å². The number of anilines is 1. The molecule has 96 valence electrons. The number of aryl methyl sites for hydroxylation is 1. The van der Waals surface area contributed by atoms with Crippen molar-refractivity contribution in [3.8, 4) is 0 Å². The van der Waals surface area contributed by atoms with Crippen LogP contribution in [-0.2, 0) is 6.67 Å². The van der Waals surface area contributed by atoms with E-state index in [4.69, 9.17) is 0 Å². The van der Waals surface area contributed by atoms with E-state index in [-0.39, 0.29) is 5.56 Å². The number of hydrogen-bond acceptors (Lipinski definition) is 5. The molecule has 1 N–H and O–H groups in total. The first kappa shape index (κ1) is 11.9. The van der Waals surface area contributed by atoms with Gasteiger partial charge in [0, 0.05) is 11.6 Å². The van der Waals surface area contributed by atoms with Gasteiger partial charge < -0.3 is 5.32 Å². The van der Waals surface area contributed by atoms with Crippen molar-refractivity contribution < 1.29 is 0 Å². The average Bonchev–Trinajstić information content (AvgIpc) is 2.92. The van der Waals surface area contributed by atoms with Crippen LogP contribution in [0.4, 0.5) is 5.13 Å². The van der Waals surface area contributed by atoms with Crippen molar-refractivity contribution in [1.82, 2.24) is 14.5 Å². The molecule has 0 spiro atoms. The lowest BCUT2D eigenvalue weighted by Crippen LogP contribution is -2.27. The third-order valence-corrected chi connectivity index (χ3v) is 3.60. The van der Waals surface area contributed by atoms with E-state index in [1.54, 1.807) is 16.8 Å². The van der Waals surface area contributed by atoms with E-state index in [0.717, 1.165) is 10.6 Å². The van der Waals surface area contributed by atoms with Gasteiger partial charge in [-0.15, -0.1) is 11.3 Å². The molecule has 0 fully saturated rings. The first-order chi connectivity index (χ1) is 9.25. The second kappa shape index (κ2) is 4.81. The van der Waals surface area contributed by atoms with Gasteiger partial charge in [0.05, 0.1) is 17.6 Å². The fourth-order valence-electron chi connectivity index (χ4n) is 1.92. The number of hydrogen-bond donors (Lipinski definition) is 1. The molecule has 0 aliphatic heterocycles. The quantitative estimate of drug-likeness (QED) is 0.794. The fourth-order valence-corrected chi connectivity index (χ4v) is 2.44. The smallest absolute Gasteiger partial charge is 0.262 e. The van der Waals surface area contributed by atoms with Crippen molar-refractivity contribution in [3.63, 3.8) is 0 Å². The highest BCUT2D eigenvalue weighted by Crippen LogP contribution is 2.11. The molecule has 2 heterocycles. The predicted molar refractivity (Wildman–Crippen MR) is 76.5 cm³/mol. The normalized spacial score (nSPS) is 10.8. The van der Waals surface area contributed by atoms with Gasteiger partial charge in [-0.05, 0) is 19.1 Å². The molecule has 0 radical (unpaired) electrons. The lowest BCUT2D eigenvalue weighted by atomic mass is 10.2. The van der Waals surface area contributed by atoms with E-state index >= 15 is 0 Å². The van der Waals surface area contributed by atoms with Crippen molar-refractivity contribution in [2.45, 2.75) is 13.6 Å². The van der Waals surface area contributed by atoms with E-state index in [2.05, 4.69) is 15.3 Å². The molecular formula is C13H12N4OS. The Bertz CT molecular complexity index is 764. The Labute approximate surface area is 113 Å². The molecule has 19 heavy (non-hydrogen) atoms. The van der Waals surface area contributed by atoms with Gasteiger partial charge in [0.2, 0.25) is 0 Å². The SMILES string of the molecule is Cc1nc2ccccc2c(=O)n1CNc1nccs1. The van der Waals surface area contributed by atoms with Crippen molar-refractivity contribution in [2.75, 3.05) is 5.32 Å². The largest absolute Gasteiger partial charge is 0.344 e. The number of fused-ring (bicyclic) bond motifs is 1. The highest BCUT2D eigenvalue weighted by Gasteiger charge is 2.07. The van der Waals surface area contributed by atoms with Crippen LogP contribution in [0.1, 0.15) is 5.82 Å². The zero-order chi connectivity index (χ0) is 13.2. The number of nitrogens with zero attached hydrogens (tertiary/aromatic N) is 3. The molecule has 0 amide bonds. The van der Waals surface area contributed by atoms with E-state index in [1.165, 1.54) is 11.3 Å². The van der Waals surface area contributed by atoms with Gasteiger partial charge in [-0.25, -0.2) is 9.97 Å². The lowest BCUT2D eigenvalue weighted by molar-refractivity contribution is 0.695. The first-order valence-corrected chi connectivity index (χ1v) is 6.73. The minimum Gasteiger partial charge on any atom is -0.344 e. The summed E-state index contributed by atoms with van der Waals surface area (Å²) in [6.45, 7) is 2.20. The van der Waals surface area contributed by atoms with Crippen LogP contribution in [0.25, 0.3) is 10.9 Å². The number of benzene rings is 1. The van der Waals surface area contributed by atoms with Crippen LogP contribution in [0.5, 0.6) is 0 Å². The summed E-state index contributed by atoms with van der Waals surface area (Å²) >= 11 is 1.50. The summed E-state index contributed by atoms with van der Waals surface area (Å²) in [5.41, 5.74) is 0.697. The van der Waals surface area contributed by atoms with Gasteiger partial charge in [0.15, 0.2) is 5.13 Å². The Morgan fingerprint density at radius 1 is 1.37 bits per heavy atom. The number of thiazole rings is 1. The molecule has 5 nitrogen and oxygen atoms in total. The number of aromatic nitrogens is 3. The Kier molecular flexibility index (Phi) is 3.00. The Hall–Kier alpha value is -2.21. The van der Waals surface area contributed by atoms with Crippen LogP contribution in [0.3, 0.4) is 0 Å². The molecule has 0 aliphatic rings. The second-order valence-corrected chi connectivity index (χ2v) is 4.98. The maximum Gasteiger partial charge on any atom is 0.262 e. The summed E-state index contributed by atoms with van der Waals surface area (Å²) in [6, 6.07) is 7.37. The zero-order valence-corrected chi connectivity index (χ0v) is 11.1. The molecule has 0 bridgehead atoms. The van der Waals surface area contributed by atoms with Crippen molar-refractivity contribution >= 4 is 27.4 Å². The maximum atomic E-state index is 12.4. The Morgan fingerprint density at radius 2 is 2.21 bits per heavy atom. The zero-order valence-electron chi connectivity index (χ0n) is 10.3. The molecule has 3 rings (SSSR count). The van der Waals surface area contributed by atoms with Gasteiger partial charge in [-0.3, -0.25) is 9.36 Å². The lowest BCUT2D eigenvalue weighted by Gasteiger charge is -2.11. The summed E-state index contributed by atoms with van der Waals surface area (Å²) in [6.07, 6.45) is 1.72. The maximum absolute atomic E-state index is 12.4. The fraction of sp³-hybridized carbons (Fsp3) is 0.154. The predicted octanol–water partition coefficient (Wildman–Crippen LogP) is 2.23. The number of nitrogens with one attached hydrogen (secondary N) is 1. The third-order valence-electron chi connectivity index (χ3n) is 2.87. The minimum absolute atomic E-state index is 0.0350. The third kappa shape index (κ3) is 2.22. The topological polar surface area (TPSA) is 59.8 Å². The monoisotopic (exact) mass is 272 g/mol. The average molecular weight is 272 g/mol. The van der Waals surface area contributed by atoms with Crippen molar-refractivity contribution in [3.05, 3.63) is 52.0 Å². The highest BCUT2D eigenvalue weighted by molar-refractivity contribution is 7.13. The van der Waals surface area contributed by atoms with Gasteiger partial charge in [0.25, 0.3) is 5.56 Å². The summed E-state index contributed by atoms with van der Waals surface area (Å²) in [7, 11) is 0. The van der Waals surface area contributed by atoms with Gasteiger partial charge in [-0.2, -0.15) is 0 Å². The summed E-state index contributed by atoms with van der Waals surface area (Å²) in [4.78, 5) is 20.9. The Morgan fingerprint density at radius 3 is 3.00 bits per heavy atom. The minimum atomic E-state index is -0.0350. The molecule has 0 unspecified atom stereocenters. The molecule has 1 aromatic carbocycles. The number of rotatable bonds is 3. The van der Waals surface area contributed by atoms with Crippen LogP contribution < -0.4 is 10.9 Å². The van der Waals surface area contributed by atoms with E-state index in [9.17, 15) is 4.79 Å². The summed E-state index contributed by atoms with van der Waals surface area (Å²) in [5, 5.41) is 6.43. The van der Waals surface area contributed by atoms with E-state index in [0.29, 0.717) is 17.9 Å². The van der Waals surface area contributed by atoms with Crippen LogP contribution in [0, 0.1) is 6.92 Å². The highest BCUT2D eigenvalue weighted by atomic mass is 32.1. The van der Waals surface area contributed by atoms with Crippen LogP contribution in [0.2, 0.25) is 0 Å². The molecule has 0 saturated carbocycles. The summed E-state index contributed by atoms with van der Waals surface area (Å²) < 4.78 is 1.61. The van der Waals surface area contributed by atoms with Gasteiger partial charge in [-0.1, -0.05) is 12.1 Å². The van der Waals surface area contributed by atoms with Crippen LogP contribution in [-0.4, -0.2) is 14.5 Å². The summed E-state index contributed by atoms with van der Waals surface area (Å²) in [5.74, 6) is 0.688. The van der Waals surface area contributed by atoms with E-state index < -0.39 is 0 Å². The van der Waals surface area contributed by atoms with Crippen molar-refractivity contribution in [2.24, 2.45) is 0 Å². The van der Waals surface area contributed by atoms with Gasteiger partial charge >= 0.3 is 0 Å². The Balaban J connectivity index is 2.01. The molecule has 6 heteroatoms. The van der Waals surface area contributed by atoms with Crippen LogP contribution in [0.15, 0.2) is 40.6 Å². The molecule has 2 aromatic heterocycles. The van der Waals surface area contributed by atoms with Gasteiger partial charge in [0.1, 0.15) is 5.82 Å². The molecule has 0 atom stereocenters. The standard InChI is InChI=1S/C13H12N4OS/c1-9-16-11-5-3-2-4-10(11)12(18)17(9)8-15-13-14-6-7-19-13/h2-7H,8H2,1H3,(H,14,15). The molecule has 0 saturated heterocycles. The first-order valence-electron chi connectivity index (χ1n) is 5.85. The van der Waals surface area contributed by atoms with Crippen molar-refractivity contribution in [1.29, 1.82) is 0 Å². The molecule has 0 aliphatic carbocycles. The molecular weight excluding hydrogens is 260 g/mol. The number of para-hydroxylation sites is 1. The molecule has 3 aromatic rings.